The minimum Gasteiger partial charge on any atom is -0.480 e. The zero-order valence-electron chi connectivity index (χ0n) is 14.5. The topological polar surface area (TPSA) is 56.2 Å². The number of ether oxygens (including phenoxy) is 1. The Morgan fingerprint density at radius 1 is 1.30 bits per heavy atom. The molecule has 1 aromatic carbocycles. The molecule has 5 nitrogen and oxygen atoms in total. The smallest absolute Gasteiger partial charge is 0.265 e. The first kappa shape index (κ1) is 17.1. The van der Waals surface area contributed by atoms with Crippen LogP contribution in [0.15, 0.2) is 30.5 Å². The number of carbonyl (C=O) groups excluding carboxylic acids is 1. The van der Waals surface area contributed by atoms with E-state index in [0.29, 0.717) is 0 Å². The quantitative estimate of drug-likeness (QED) is 0.886. The Morgan fingerprint density at radius 3 is 2.57 bits per heavy atom. The molecule has 0 saturated carbocycles. The fourth-order valence-electron chi connectivity index (χ4n) is 2.41. The van der Waals surface area contributed by atoms with Gasteiger partial charge in [-0.15, -0.1) is 0 Å². The van der Waals surface area contributed by atoms with Crippen molar-refractivity contribution >= 4 is 11.6 Å². The number of hydrogen-bond donors (Lipinski definition) is 1. The molecule has 0 aliphatic heterocycles. The van der Waals surface area contributed by atoms with Crippen LogP contribution in [-0.4, -0.2) is 21.8 Å². The number of hydrogen-bond acceptors (Lipinski definition) is 3. The maximum absolute atomic E-state index is 12.6. The maximum atomic E-state index is 12.6. The van der Waals surface area contributed by atoms with E-state index in [1.165, 1.54) is 0 Å². The lowest BCUT2D eigenvalue weighted by atomic mass is 10.1. The van der Waals surface area contributed by atoms with Crippen LogP contribution >= 0.6 is 0 Å². The van der Waals surface area contributed by atoms with Gasteiger partial charge in [-0.2, -0.15) is 5.10 Å². The number of aromatic nitrogens is 2. The number of carbonyl (C=O) groups is 1. The lowest BCUT2D eigenvalue weighted by Crippen LogP contribution is -2.37. The fraction of sp³-hybridized carbons (Fsp3) is 0.444. The van der Waals surface area contributed by atoms with Gasteiger partial charge in [0.2, 0.25) is 0 Å². The second-order valence-electron chi connectivity index (χ2n) is 6.00. The molecular weight excluding hydrogens is 290 g/mol. The maximum Gasteiger partial charge on any atom is 0.265 e. The SMILES string of the molecule is CCn1ncc(NC(=O)C(Oc2ccccc2C)C(C)C)c1C. The average Bonchev–Trinajstić information content (AvgIpc) is 2.86. The number of benzene rings is 1. The molecule has 23 heavy (non-hydrogen) atoms. The molecule has 1 amide bonds. The highest BCUT2D eigenvalue weighted by Crippen LogP contribution is 2.22. The molecule has 124 valence electrons. The van der Waals surface area contributed by atoms with E-state index >= 15 is 0 Å². The number of nitrogens with zero attached hydrogens (tertiary/aromatic N) is 2. The highest BCUT2D eigenvalue weighted by Gasteiger charge is 2.25. The minimum absolute atomic E-state index is 0.0520. The normalized spacial score (nSPS) is 12.3. The molecule has 1 heterocycles. The molecule has 1 atom stereocenters. The van der Waals surface area contributed by atoms with E-state index in [1.807, 2.05) is 63.6 Å². The Labute approximate surface area is 137 Å². The number of aryl methyl sites for hydroxylation is 2. The summed E-state index contributed by atoms with van der Waals surface area (Å²) >= 11 is 0. The van der Waals surface area contributed by atoms with Crippen LogP contribution in [0.1, 0.15) is 32.0 Å². The summed E-state index contributed by atoms with van der Waals surface area (Å²) in [6.45, 7) is 10.7. The third kappa shape index (κ3) is 3.92. The van der Waals surface area contributed by atoms with Gasteiger partial charge in [0, 0.05) is 6.54 Å². The van der Waals surface area contributed by atoms with Gasteiger partial charge in [0.1, 0.15) is 5.75 Å². The van der Waals surface area contributed by atoms with Crippen LogP contribution in [0.4, 0.5) is 5.69 Å². The summed E-state index contributed by atoms with van der Waals surface area (Å²) in [5.74, 6) is 0.639. The van der Waals surface area contributed by atoms with Crippen LogP contribution in [0.2, 0.25) is 0 Å². The van der Waals surface area contributed by atoms with Crippen LogP contribution < -0.4 is 10.1 Å². The van der Waals surface area contributed by atoms with Crippen molar-refractivity contribution in [2.24, 2.45) is 5.92 Å². The first-order valence-electron chi connectivity index (χ1n) is 7.99. The summed E-state index contributed by atoms with van der Waals surface area (Å²) < 4.78 is 7.82. The molecule has 0 radical (unpaired) electrons. The second-order valence-corrected chi connectivity index (χ2v) is 6.00. The molecule has 1 N–H and O–H groups in total. The van der Waals surface area contributed by atoms with Crippen LogP contribution in [0.5, 0.6) is 5.75 Å². The second kappa shape index (κ2) is 7.31. The number of amides is 1. The third-order valence-electron chi connectivity index (χ3n) is 3.87. The Kier molecular flexibility index (Phi) is 5.42. The zero-order valence-corrected chi connectivity index (χ0v) is 14.5. The van der Waals surface area contributed by atoms with Gasteiger partial charge in [-0.25, -0.2) is 0 Å². The molecular formula is C18H25N3O2. The standard InChI is InChI=1S/C18H25N3O2/c1-6-21-14(5)15(11-19-21)20-18(22)17(12(2)3)23-16-10-8-7-9-13(16)4/h7-12,17H,6H2,1-5H3,(H,20,22). The van der Waals surface area contributed by atoms with Crippen molar-refractivity contribution in [2.45, 2.75) is 47.3 Å². The summed E-state index contributed by atoms with van der Waals surface area (Å²) in [5.41, 5.74) is 2.69. The van der Waals surface area contributed by atoms with Crippen molar-refractivity contribution in [3.63, 3.8) is 0 Å². The van der Waals surface area contributed by atoms with Gasteiger partial charge in [-0.05, 0) is 38.3 Å². The number of nitrogens with one attached hydrogen (secondary N) is 1. The molecule has 0 aliphatic carbocycles. The predicted molar refractivity (Wildman–Crippen MR) is 91.7 cm³/mol. The molecule has 0 fully saturated rings. The van der Waals surface area contributed by atoms with Crippen molar-refractivity contribution in [1.82, 2.24) is 9.78 Å². The lowest BCUT2D eigenvalue weighted by Gasteiger charge is -2.22. The average molecular weight is 315 g/mol. The van der Waals surface area contributed by atoms with E-state index in [9.17, 15) is 4.79 Å². The van der Waals surface area contributed by atoms with E-state index < -0.39 is 6.10 Å². The Hall–Kier alpha value is -2.30. The van der Waals surface area contributed by atoms with Crippen LogP contribution in [0.3, 0.4) is 0 Å². The molecule has 1 aromatic heterocycles. The van der Waals surface area contributed by atoms with E-state index in [4.69, 9.17) is 4.74 Å². The monoisotopic (exact) mass is 315 g/mol. The van der Waals surface area contributed by atoms with Gasteiger partial charge < -0.3 is 10.1 Å². The van der Waals surface area contributed by atoms with Gasteiger partial charge in [-0.1, -0.05) is 32.0 Å². The van der Waals surface area contributed by atoms with Gasteiger partial charge >= 0.3 is 0 Å². The predicted octanol–water partition coefficient (Wildman–Crippen LogP) is 3.56. The third-order valence-corrected chi connectivity index (χ3v) is 3.87. The van der Waals surface area contributed by atoms with E-state index in [-0.39, 0.29) is 11.8 Å². The molecule has 2 aromatic rings. The highest BCUT2D eigenvalue weighted by atomic mass is 16.5. The van der Waals surface area contributed by atoms with Crippen molar-refractivity contribution in [3.8, 4) is 5.75 Å². The molecule has 5 heteroatoms. The van der Waals surface area contributed by atoms with E-state index in [0.717, 1.165) is 29.2 Å². The Bertz CT molecular complexity index is 677. The summed E-state index contributed by atoms with van der Waals surface area (Å²) in [5, 5.41) is 7.19. The van der Waals surface area contributed by atoms with E-state index in [2.05, 4.69) is 10.4 Å². The van der Waals surface area contributed by atoms with Crippen molar-refractivity contribution in [3.05, 3.63) is 41.7 Å². The highest BCUT2D eigenvalue weighted by molar-refractivity contribution is 5.95. The molecule has 2 rings (SSSR count). The van der Waals surface area contributed by atoms with Crippen LogP contribution in [-0.2, 0) is 11.3 Å². The fourth-order valence-corrected chi connectivity index (χ4v) is 2.41. The van der Waals surface area contributed by atoms with Crippen molar-refractivity contribution in [1.29, 1.82) is 0 Å². The van der Waals surface area contributed by atoms with Gasteiger partial charge in [0.05, 0.1) is 17.6 Å². The van der Waals surface area contributed by atoms with Crippen LogP contribution in [0, 0.1) is 19.8 Å². The molecule has 0 bridgehead atoms. The first-order chi connectivity index (χ1) is 10.9. The van der Waals surface area contributed by atoms with Gasteiger partial charge in [0.15, 0.2) is 6.10 Å². The Balaban J connectivity index is 2.15. The van der Waals surface area contributed by atoms with Crippen molar-refractivity contribution < 1.29 is 9.53 Å². The summed E-state index contributed by atoms with van der Waals surface area (Å²) in [7, 11) is 0. The first-order valence-corrected chi connectivity index (χ1v) is 7.99. The molecule has 0 aliphatic rings. The molecule has 0 saturated heterocycles. The summed E-state index contributed by atoms with van der Waals surface area (Å²) in [6, 6.07) is 7.72. The minimum atomic E-state index is -0.555. The number of rotatable bonds is 6. The molecule has 1 unspecified atom stereocenters. The summed E-state index contributed by atoms with van der Waals surface area (Å²) in [6.07, 6.45) is 1.13. The zero-order chi connectivity index (χ0) is 17.0. The van der Waals surface area contributed by atoms with Gasteiger partial charge in [0.25, 0.3) is 5.91 Å². The van der Waals surface area contributed by atoms with E-state index in [1.54, 1.807) is 6.20 Å². The largest absolute Gasteiger partial charge is 0.480 e. The number of anilines is 1. The Morgan fingerprint density at radius 2 is 2.00 bits per heavy atom. The lowest BCUT2D eigenvalue weighted by molar-refractivity contribution is -0.124. The number of para-hydroxylation sites is 1. The van der Waals surface area contributed by atoms with Gasteiger partial charge in [-0.3, -0.25) is 9.48 Å². The van der Waals surface area contributed by atoms with Crippen LogP contribution in [0.25, 0.3) is 0 Å². The summed E-state index contributed by atoms with van der Waals surface area (Å²) in [4.78, 5) is 12.6. The molecule has 0 spiro atoms. The van der Waals surface area contributed by atoms with Crippen molar-refractivity contribution in [2.75, 3.05) is 5.32 Å².